The number of aromatic nitrogens is 2. The van der Waals surface area contributed by atoms with Crippen molar-refractivity contribution in [2.24, 2.45) is 0 Å². The van der Waals surface area contributed by atoms with Gasteiger partial charge < -0.3 is 4.90 Å². The molecule has 2 heterocycles. The molecule has 1 aliphatic rings. The Morgan fingerprint density at radius 2 is 2.13 bits per heavy atom. The zero-order chi connectivity index (χ0) is 16.4. The number of aryl methyl sites for hydroxylation is 2. The average molecular weight is 315 g/mol. The smallest absolute Gasteiger partial charge is 0.278 e. The van der Waals surface area contributed by atoms with Gasteiger partial charge in [-0.1, -0.05) is 13.0 Å². The molecule has 0 saturated heterocycles. The molecule has 1 amide bonds. The largest absolute Gasteiger partial charge is 0.307 e. The van der Waals surface area contributed by atoms with Crippen molar-refractivity contribution < 1.29 is 9.18 Å². The number of rotatable bonds is 3. The molecule has 1 aromatic heterocycles. The molecular formula is C17H18FN3O2. The Hall–Kier alpha value is -2.50. The first kappa shape index (κ1) is 15.4. The van der Waals surface area contributed by atoms with Gasteiger partial charge in [0.1, 0.15) is 11.5 Å². The zero-order valence-corrected chi connectivity index (χ0v) is 13.0. The molecule has 0 unspecified atom stereocenters. The third-order valence-electron chi connectivity index (χ3n) is 3.93. The molecule has 23 heavy (non-hydrogen) atoms. The summed E-state index contributed by atoms with van der Waals surface area (Å²) in [6.45, 7) is 2.92. The Bertz CT molecular complexity index is 801. The van der Waals surface area contributed by atoms with Crippen LogP contribution in [0.4, 0.5) is 10.1 Å². The van der Waals surface area contributed by atoms with Crippen LogP contribution in [-0.4, -0.2) is 22.2 Å². The maximum Gasteiger partial charge on any atom is 0.278 e. The highest BCUT2D eigenvalue weighted by Gasteiger charge is 2.25. The molecule has 0 bridgehead atoms. The number of anilines is 1. The van der Waals surface area contributed by atoms with Crippen LogP contribution < -0.4 is 10.5 Å². The van der Waals surface area contributed by atoms with Crippen LogP contribution in [0.2, 0.25) is 0 Å². The second kappa shape index (κ2) is 6.32. The van der Waals surface area contributed by atoms with Gasteiger partial charge in [0.15, 0.2) is 0 Å². The number of carbonyl (C=O) groups is 1. The van der Waals surface area contributed by atoms with Crippen molar-refractivity contribution in [2.75, 3.05) is 11.4 Å². The monoisotopic (exact) mass is 315 g/mol. The first-order valence-electron chi connectivity index (χ1n) is 7.78. The van der Waals surface area contributed by atoms with E-state index in [9.17, 15) is 14.0 Å². The molecule has 0 saturated carbocycles. The van der Waals surface area contributed by atoms with Crippen LogP contribution in [0.25, 0.3) is 0 Å². The van der Waals surface area contributed by atoms with Gasteiger partial charge in [0, 0.05) is 19.2 Å². The van der Waals surface area contributed by atoms with Gasteiger partial charge in [0.2, 0.25) is 0 Å². The van der Waals surface area contributed by atoms with Crippen molar-refractivity contribution in [1.82, 2.24) is 9.78 Å². The molecule has 0 atom stereocenters. The third-order valence-corrected chi connectivity index (χ3v) is 3.93. The van der Waals surface area contributed by atoms with Crippen LogP contribution in [0.3, 0.4) is 0 Å². The second-order valence-corrected chi connectivity index (χ2v) is 5.61. The van der Waals surface area contributed by atoms with Crippen molar-refractivity contribution in [1.29, 1.82) is 0 Å². The van der Waals surface area contributed by atoms with Crippen LogP contribution in [0.1, 0.15) is 35.8 Å². The van der Waals surface area contributed by atoms with E-state index in [1.807, 2.05) is 6.92 Å². The van der Waals surface area contributed by atoms with Gasteiger partial charge >= 0.3 is 0 Å². The summed E-state index contributed by atoms with van der Waals surface area (Å²) >= 11 is 0. The van der Waals surface area contributed by atoms with Gasteiger partial charge in [-0.2, -0.15) is 5.10 Å². The Morgan fingerprint density at radius 3 is 2.91 bits per heavy atom. The molecule has 120 valence electrons. The van der Waals surface area contributed by atoms with E-state index in [1.165, 1.54) is 28.9 Å². The number of hydrogen-bond acceptors (Lipinski definition) is 3. The summed E-state index contributed by atoms with van der Waals surface area (Å²) in [5, 5.41) is 4.15. The lowest BCUT2D eigenvalue weighted by atomic mass is 10.0. The third kappa shape index (κ3) is 3.02. The fourth-order valence-electron chi connectivity index (χ4n) is 2.83. The summed E-state index contributed by atoms with van der Waals surface area (Å²) < 4.78 is 14.8. The number of carbonyl (C=O) groups excluding carboxylic acids is 1. The number of amides is 1. The molecular weight excluding hydrogens is 297 g/mol. The normalized spacial score (nSPS) is 13.7. The highest BCUT2D eigenvalue weighted by Crippen LogP contribution is 2.28. The van der Waals surface area contributed by atoms with Crippen LogP contribution in [0, 0.1) is 5.82 Å². The number of hydrogen-bond donors (Lipinski definition) is 0. The van der Waals surface area contributed by atoms with Crippen molar-refractivity contribution in [3.05, 3.63) is 57.8 Å². The minimum absolute atomic E-state index is 0.204. The van der Waals surface area contributed by atoms with E-state index in [1.54, 1.807) is 11.0 Å². The van der Waals surface area contributed by atoms with E-state index in [-0.39, 0.29) is 23.0 Å². The molecule has 0 aliphatic carbocycles. The van der Waals surface area contributed by atoms with Gasteiger partial charge in [-0.3, -0.25) is 9.59 Å². The number of halogens is 1. The number of nitrogens with zero attached hydrogens (tertiary/aromatic N) is 3. The summed E-state index contributed by atoms with van der Waals surface area (Å²) in [5.74, 6) is -0.672. The molecule has 6 heteroatoms. The van der Waals surface area contributed by atoms with E-state index in [2.05, 4.69) is 5.10 Å². The average Bonchev–Trinajstić information content (AvgIpc) is 2.56. The Labute approximate surface area is 133 Å². The van der Waals surface area contributed by atoms with Gasteiger partial charge in [0.25, 0.3) is 11.5 Å². The highest BCUT2D eigenvalue weighted by molar-refractivity contribution is 6.05. The predicted molar refractivity (Wildman–Crippen MR) is 85.2 cm³/mol. The molecule has 3 rings (SSSR count). The van der Waals surface area contributed by atoms with E-state index >= 15 is 0 Å². The van der Waals surface area contributed by atoms with E-state index in [0.717, 1.165) is 24.8 Å². The summed E-state index contributed by atoms with van der Waals surface area (Å²) in [6.07, 6.45) is 2.39. The molecule has 0 radical (unpaired) electrons. The fraction of sp³-hybridized carbons (Fsp3) is 0.353. The van der Waals surface area contributed by atoms with Crippen molar-refractivity contribution in [3.8, 4) is 0 Å². The lowest BCUT2D eigenvalue weighted by Crippen LogP contribution is -2.37. The van der Waals surface area contributed by atoms with E-state index in [0.29, 0.717) is 18.8 Å². The lowest BCUT2D eigenvalue weighted by molar-refractivity contribution is 0.0977. The van der Waals surface area contributed by atoms with Gasteiger partial charge in [-0.15, -0.1) is 0 Å². The van der Waals surface area contributed by atoms with Gasteiger partial charge in [0.05, 0.1) is 5.69 Å². The van der Waals surface area contributed by atoms with Gasteiger partial charge in [-0.05, 0) is 43.0 Å². The molecule has 5 nitrogen and oxygen atoms in total. The van der Waals surface area contributed by atoms with Crippen LogP contribution >= 0.6 is 0 Å². The topological polar surface area (TPSA) is 55.2 Å². The molecule has 1 aromatic carbocycles. The van der Waals surface area contributed by atoms with Crippen molar-refractivity contribution in [2.45, 2.75) is 32.7 Å². The SMILES string of the molecule is CCCn1nc(C(=O)N2CCCc3ccc(F)cc32)ccc1=O. The molecule has 0 spiro atoms. The quantitative estimate of drug-likeness (QED) is 0.874. The molecule has 1 aliphatic heterocycles. The molecule has 0 fully saturated rings. The van der Waals surface area contributed by atoms with Crippen LogP contribution in [-0.2, 0) is 13.0 Å². The lowest BCUT2D eigenvalue weighted by Gasteiger charge is -2.29. The fourth-order valence-corrected chi connectivity index (χ4v) is 2.83. The number of fused-ring (bicyclic) bond motifs is 1. The molecule has 0 N–H and O–H groups in total. The Kier molecular flexibility index (Phi) is 4.23. The first-order chi connectivity index (χ1) is 11.1. The van der Waals surface area contributed by atoms with Crippen LogP contribution in [0.15, 0.2) is 35.1 Å². The summed E-state index contributed by atoms with van der Waals surface area (Å²) in [7, 11) is 0. The second-order valence-electron chi connectivity index (χ2n) is 5.61. The summed E-state index contributed by atoms with van der Waals surface area (Å²) in [6, 6.07) is 7.30. The van der Waals surface area contributed by atoms with E-state index in [4.69, 9.17) is 0 Å². The standard InChI is InChI=1S/C17H18FN3O2/c1-2-9-21-16(22)8-7-14(19-21)17(23)20-10-3-4-12-5-6-13(18)11-15(12)20/h5-8,11H,2-4,9-10H2,1H3. The first-order valence-corrected chi connectivity index (χ1v) is 7.78. The van der Waals surface area contributed by atoms with Gasteiger partial charge in [-0.25, -0.2) is 9.07 Å². The van der Waals surface area contributed by atoms with Crippen LogP contribution in [0.5, 0.6) is 0 Å². The summed E-state index contributed by atoms with van der Waals surface area (Å²) in [4.78, 5) is 26.0. The zero-order valence-electron chi connectivity index (χ0n) is 13.0. The predicted octanol–water partition coefficient (Wildman–Crippen LogP) is 2.39. The van der Waals surface area contributed by atoms with E-state index < -0.39 is 0 Å². The minimum atomic E-state index is -0.368. The molecule has 2 aromatic rings. The number of benzene rings is 1. The minimum Gasteiger partial charge on any atom is -0.307 e. The maximum atomic E-state index is 13.6. The highest BCUT2D eigenvalue weighted by atomic mass is 19.1. The maximum absolute atomic E-state index is 13.6. The Morgan fingerprint density at radius 1 is 1.30 bits per heavy atom. The Balaban J connectivity index is 1.97. The van der Waals surface area contributed by atoms with Crippen molar-refractivity contribution in [3.63, 3.8) is 0 Å². The van der Waals surface area contributed by atoms with Crippen molar-refractivity contribution >= 4 is 11.6 Å². The summed E-state index contributed by atoms with van der Waals surface area (Å²) in [5.41, 5.74) is 1.52.